The molecule has 3 nitrogen and oxygen atoms in total. The van der Waals surface area contributed by atoms with Crippen molar-refractivity contribution in [1.29, 1.82) is 0 Å². The van der Waals surface area contributed by atoms with Gasteiger partial charge in [-0.1, -0.05) is 29.3 Å². The van der Waals surface area contributed by atoms with Crippen molar-refractivity contribution < 1.29 is 9.90 Å². The SMILES string of the molecule is O=C(O)c1c[nH]cc1-c1ccc(Cl)cc1Cl. The fourth-order valence-corrected chi connectivity index (χ4v) is 1.98. The van der Waals surface area contributed by atoms with Crippen molar-refractivity contribution in [3.05, 3.63) is 46.2 Å². The maximum atomic E-state index is 10.9. The highest BCUT2D eigenvalue weighted by Crippen LogP contribution is 2.32. The fraction of sp³-hybridized carbons (Fsp3) is 0. The van der Waals surface area contributed by atoms with Gasteiger partial charge in [-0.15, -0.1) is 0 Å². The molecule has 2 N–H and O–H groups in total. The molecule has 0 aliphatic carbocycles. The molecule has 0 saturated heterocycles. The molecule has 0 saturated carbocycles. The van der Waals surface area contributed by atoms with E-state index in [4.69, 9.17) is 28.3 Å². The second-order valence-corrected chi connectivity index (χ2v) is 4.06. The molecule has 16 heavy (non-hydrogen) atoms. The smallest absolute Gasteiger partial charge is 0.337 e. The zero-order valence-electron chi connectivity index (χ0n) is 8.00. The van der Waals surface area contributed by atoms with Gasteiger partial charge in [0.15, 0.2) is 0 Å². The maximum absolute atomic E-state index is 10.9. The third-order valence-corrected chi connectivity index (χ3v) is 2.75. The second kappa shape index (κ2) is 4.20. The van der Waals surface area contributed by atoms with Gasteiger partial charge in [-0.05, 0) is 12.1 Å². The monoisotopic (exact) mass is 255 g/mol. The molecule has 2 rings (SSSR count). The highest BCUT2D eigenvalue weighted by Gasteiger charge is 2.14. The zero-order valence-corrected chi connectivity index (χ0v) is 9.51. The average molecular weight is 256 g/mol. The average Bonchev–Trinajstić information content (AvgIpc) is 2.66. The van der Waals surface area contributed by atoms with Gasteiger partial charge in [0.1, 0.15) is 0 Å². The van der Waals surface area contributed by atoms with Crippen LogP contribution in [0.3, 0.4) is 0 Å². The van der Waals surface area contributed by atoms with E-state index < -0.39 is 5.97 Å². The minimum atomic E-state index is -0.998. The summed E-state index contributed by atoms with van der Waals surface area (Å²) in [7, 11) is 0. The number of rotatable bonds is 2. The molecule has 0 aliphatic rings. The van der Waals surface area contributed by atoms with Crippen LogP contribution in [0.1, 0.15) is 10.4 Å². The summed E-state index contributed by atoms with van der Waals surface area (Å²) in [5.74, 6) is -0.998. The minimum absolute atomic E-state index is 0.184. The number of benzene rings is 1. The van der Waals surface area contributed by atoms with Crippen molar-refractivity contribution in [2.75, 3.05) is 0 Å². The van der Waals surface area contributed by atoms with E-state index in [-0.39, 0.29) is 5.56 Å². The zero-order chi connectivity index (χ0) is 11.7. The van der Waals surface area contributed by atoms with Crippen LogP contribution in [-0.2, 0) is 0 Å². The first-order valence-corrected chi connectivity index (χ1v) is 5.20. The standard InChI is InChI=1S/C11H7Cl2NO2/c12-6-1-2-7(10(13)3-6)8-4-14-5-9(8)11(15)16/h1-5,14H,(H,15,16). The Hall–Kier alpha value is -1.45. The molecule has 1 aromatic carbocycles. The maximum Gasteiger partial charge on any atom is 0.337 e. The third kappa shape index (κ3) is 1.92. The Bertz CT molecular complexity index is 549. The lowest BCUT2D eigenvalue weighted by Gasteiger charge is -2.03. The molecule has 0 aliphatic heterocycles. The first kappa shape index (κ1) is 11.0. The fourth-order valence-electron chi connectivity index (χ4n) is 1.47. The largest absolute Gasteiger partial charge is 0.478 e. The number of hydrogen-bond donors (Lipinski definition) is 2. The third-order valence-electron chi connectivity index (χ3n) is 2.20. The quantitative estimate of drug-likeness (QED) is 0.860. The Morgan fingerprint density at radius 2 is 1.94 bits per heavy atom. The van der Waals surface area contributed by atoms with Crippen molar-refractivity contribution in [3.8, 4) is 11.1 Å². The lowest BCUT2D eigenvalue weighted by atomic mass is 10.0. The van der Waals surface area contributed by atoms with Gasteiger partial charge in [0, 0.05) is 33.6 Å². The Morgan fingerprint density at radius 3 is 2.56 bits per heavy atom. The van der Waals surface area contributed by atoms with Gasteiger partial charge >= 0.3 is 5.97 Å². The van der Waals surface area contributed by atoms with E-state index in [1.807, 2.05) is 0 Å². The molecule has 1 heterocycles. The summed E-state index contributed by atoms with van der Waals surface area (Å²) in [6.07, 6.45) is 3.02. The van der Waals surface area contributed by atoms with Crippen LogP contribution in [-0.4, -0.2) is 16.1 Å². The Labute approximate surface area is 102 Å². The van der Waals surface area contributed by atoms with Gasteiger partial charge in [-0.3, -0.25) is 0 Å². The number of aromatic amines is 1. The Morgan fingerprint density at radius 1 is 1.19 bits per heavy atom. The molecule has 82 valence electrons. The molecular formula is C11H7Cl2NO2. The van der Waals surface area contributed by atoms with E-state index in [0.29, 0.717) is 21.2 Å². The molecular weight excluding hydrogens is 249 g/mol. The molecule has 5 heteroatoms. The van der Waals surface area contributed by atoms with Crippen molar-refractivity contribution in [3.63, 3.8) is 0 Å². The molecule has 0 unspecified atom stereocenters. The van der Waals surface area contributed by atoms with Crippen LogP contribution in [0, 0.1) is 0 Å². The molecule has 0 spiro atoms. The summed E-state index contributed by atoms with van der Waals surface area (Å²) in [4.78, 5) is 13.7. The van der Waals surface area contributed by atoms with E-state index in [1.165, 1.54) is 6.20 Å². The molecule has 2 aromatic rings. The van der Waals surface area contributed by atoms with Gasteiger partial charge in [0.2, 0.25) is 0 Å². The Balaban J connectivity index is 2.59. The number of carboxylic acid groups (broad SMARTS) is 1. The second-order valence-electron chi connectivity index (χ2n) is 3.21. The van der Waals surface area contributed by atoms with Crippen LogP contribution >= 0.6 is 23.2 Å². The summed E-state index contributed by atoms with van der Waals surface area (Å²) in [5.41, 5.74) is 1.38. The minimum Gasteiger partial charge on any atom is -0.478 e. The highest BCUT2D eigenvalue weighted by atomic mass is 35.5. The number of halogens is 2. The van der Waals surface area contributed by atoms with Crippen LogP contribution in [0.25, 0.3) is 11.1 Å². The number of aromatic carboxylic acids is 1. The molecule has 0 amide bonds. The predicted octanol–water partition coefficient (Wildman–Crippen LogP) is 3.69. The van der Waals surface area contributed by atoms with E-state index >= 15 is 0 Å². The molecule has 0 fully saturated rings. The first-order valence-electron chi connectivity index (χ1n) is 4.45. The predicted molar refractivity (Wildman–Crippen MR) is 63.2 cm³/mol. The van der Waals surface area contributed by atoms with Crippen LogP contribution in [0.15, 0.2) is 30.6 Å². The van der Waals surface area contributed by atoms with Crippen LogP contribution < -0.4 is 0 Å². The van der Waals surface area contributed by atoms with Gasteiger partial charge in [0.05, 0.1) is 5.56 Å². The van der Waals surface area contributed by atoms with Gasteiger partial charge in [-0.25, -0.2) is 4.79 Å². The van der Waals surface area contributed by atoms with Gasteiger partial charge in [-0.2, -0.15) is 0 Å². The van der Waals surface area contributed by atoms with E-state index in [1.54, 1.807) is 24.4 Å². The number of hydrogen-bond acceptors (Lipinski definition) is 1. The Kier molecular flexibility index (Phi) is 2.90. The number of H-pyrrole nitrogens is 1. The van der Waals surface area contributed by atoms with E-state index in [9.17, 15) is 4.79 Å². The topological polar surface area (TPSA) is 53.1 Å². The van der Waals surface area contributed by atoms with Crippen LogP contribution in [0.4, 0.5) is 0 Å². The number of carboxylic acids is 1. The highest BCUT2D eigenvalue weighted by molar-refractivity contribution is 6.36. The molecule has 0 atom stereocenters. The number of nitrogens with one attached hydrogen (secondary N) is 1. The van der Waals surface area contributed by atoms with E-state index in [0.717, 1.165) is 0 Å². The van der Waals surface area contributed by atoms with Gasteiger partial charge < -0.3 is 10.1 Å². The summed E-state index contributed by atoms with van der Waals surface area (Å²) >= 11 is 11.8. The molecule has 0 bridgehead atoms. The molecule has 1 aromatic heterocycles. The normalized spacial score (nSPS) is 10.4. The summed E-state index contributed by atoms with van der Waals surface area (Å²) in [6, 6.07) is 4.94. The van der Waals surface area contributed by atoms with Crippen molar-refractivity contribution in [2.24, 2.45) is 0 Å². The van der Waals surface area contributed by atoms with Crippen molar-refractivity contribution in [2.45, 2.75) is 0 Å². The lowest BCUT2D eigenvalue weighted by Crippen LogP contribution is -1.96. The van der Waals surface area contributed by atoms with Crippen LogP contribution in [0.5, 0.6) is 0 Å². The molecule has 0 radical (unpaired) electrons. The summed E-state index contributed by atoms with van der Waals surface area (Å²) < 4.78 is 0. The summed E-state index contributed by atoms with van der Waals surface area (Å²) in [6.45, 7) is 0. The number of carbonyl (C=O) groups is 1. The van der Waals surface area contributed by atoms with E-state index in [2.05, 4.69) is 4.98 Å². The van der Waals surface area contributed by atoms with Crippen LogP contribution in [0.2, 0.25) is 10.0 Å². The van der Waals surface area contributed by atoms with Gasteiger partial charge in [0.25, 0.3) is 0 Å². The lowest BCUT2D eigenvalue weighted by molar-refractivity contribution is 0.0698. The number of aromatic nitrogens is 1. The summed E-state index contributed by atoms with van der Waals surface area (Å²) in [5, 5.41) is 9.91. The first-order chi connectivity index (χ1) is 7.59. The van der Waals surface area contributed by atoms with Crippen molar-refractivity contribution >= 4 is 29.2 Å². The van der Waals surface area contributed by atoms with Crippen molar-refractivity contribution in [1.82, 2.24) is 4.98 Å².